The van der Waals surface area contributed by atoms with E-state index in [2.05, 4.69) is 20.7 Å². The van der Waals surface area contributed by atoms with Crippen LogP contribution in [-0.2, 0) is 4.74 Å². The number of carbonyl (C=O) groups excluding carboxylic acids is 3. The molecule has 0 saturated carbocycles. The van der Waals surface area contributed by atoms with Crippen molar-refractivity contribution in [2.45, 2.75) is 0 Å². The lowest BCUT2D eigenvalue weighted by Crippen LogP contribution is -2.41. The molecule has 9 nitrogen and oxygen atoms in total. The molecular weight excluding hydrogens is 364 g/mol. The first kappa shape index (κ1) is 18.6. The fourth-order valence-corrected chi connectivity index (χ4v) is 2.32. The van der Waals surface area contributed by atoms with Crippen LogP contribution in [0.3, 0.4) is 0 Å². The first-order chi connectivity index (χ1) is 13.5. The van der Waals surface area contributed by atoms with Crippen molar-refractivity contribution in [1.82, 2.24) is 20.6 Å². The molecule has 0 radical (unpaired) electrons. The van der Waals surface area contributed by atoms with Crippen LogP contribution in [0.4, 0.5) is 0 Å². The van der Waals surface area contributed by atoms with Crippen LogP contribution in [0.25, 0.3) is 5.69 Å². The molecule has 0 saturated heterocycles. The van der Waals surface area contributed by atoms with Crippen LogP contribution in [0, 0.1) is 0 Å². The van der Waals surface area contributed by atoms with Crippen LogP contribution in [0.5, 0.6) is 5.75 Å². The molecule has 0 aliphatic rings. The highest BCUT2D eigenvalue weighted by molar-refractivity contribution is 5.99. The second-order valence-electron chi connectivity index (χ2n) is 5.67. The highest BCUT2D eigenvalue weighted by Gasteiger charge is 2.13. The lowest BCUT2D eigenvalue weighted by molar-refractivity contribution is 0.0600. The lowest BCUT2D eigenvalue weighted by atomic mass is 10.1. The Balaban J connectivity index is 1.60. The molecule has 142 valence electrons. The summed E-state index contributed by atoms with van der Waals surface area (Å²) in [6.07, 6.45) is 2.83. The van der Waals surface area contributed by atoms with E-state index in [-0.39, 0.29) is 16.9 Å². The number of rotatable bonds is 4. The molecule has 0 unspecified atom stereocenters. The fourth-order valence-electron chi connectivity index (χ4n) is 2.32. The zero-order valence-electron chi connectivity index (χ0n) is 14.7. The standard InChI is InChI=1S/C19H16N4O5/c1-28-19(27)13-4-2-12(3-5-13)17(25)21-22-18(26)14-10-20-23(11-14)15-6-8-16(24)9-7-15/h2-11,24H,1H3,(H,21,25)(H,22,26). The third-order valence-corrected chi connectivity index (χ3v) is 3.82. The Morgan fingerprint density at radius 3 is 2.07 bits per heavy atom. The topological polar surface area (TPSA) is 123 Å². The summed E-state index contributed by atoms with van der Waals surface area (Å²) >= 11 is 0. The van der Waals surface area contributed by atoms with Gasteiger partial charge in [0.2, 0.25) is 0 Å². The van der Waals surface area contributed by atoms with Gasteiger partial charge >= 0.3 is 5.97 Å². The highest BCUT2D eigenvalue weighted by atomic mass is 16.5. The third kappa shape index (κ3) is 4.15. The van der Waals surface area contributed by atoms with E-state index < -0.39 is 17.8 Å². The van der Waals surface area contributed by atoms with E-state index in [0.29, 0.717) is 11.3 Å². The summed E-state index contributed by atoms with van der Waals surface area (Å²) in [5.41, 5.74) is 6.04. The molecule has 1 aromatic heterocycles. The van der Waals surface area contributed by atoms with Crippen molar-refractivity contribution in [3.8, 4) is 11.4 Å². The number of benzene rings is 2. The van der Waals surface area contributed by atoms with Gasteiger partial charge in [-0.15, -0.1) is 0 Å². The number of nitrogens with one attached hydrogen (secondary N) is 2. The summed E-state index contributed by atoms with van der Waals surface area (Å²) in [6.45, 7) is 0. The zero-order chi connectivity index (χ0) is 20.1. The van der Waals surface area contributed by atoms with Gasteiger partial charge in [0, 0.05) is 11.8 Å². The molecular formula is C19H16N4O5. The summed E-state index contributed by atoms with van der Waals surface area (Å²) in [5, 5.41) is 13.4. The maximum atomic E-state index is 12.2. The minimum atomic E-state index is -0.551. The molecule has 9 heteroatoms. The first-order valence-corrected chi connectivity index (χ1v) is 8.11. The van der Waals surface area contributed by atoms with Crippen LogP contribution in [0.2, 0.25) is 0 Å². The number of carbonyl (C=O) groups is 3. The van der Waals surface area contributed by atoms with E-state index in [1.165, 1.54) is 60.6 Å². The average molecular weight is 380 g/mol. The smallest absolute Gasteiger partial charge is 0.337 e. The van der Waals surface area contributed by atoms with Gasteiger partial charge in [0.25, 0.3) is 11.8 Å². The lowest BCUT2D eigenvalue weighted by Gasteiger charge is -2.07. The zero-order valence-corrected chi connectivity index (χ0v) is 14.7. The summed E-state index contributed by atoms with van der Waals surface area (Å²) < 4.78 is 6.05. The van der Waals surface area contributed by atoms with Crippen molar-refractivity contribution in [3.05, 3.63) is 77.6 Å². The molecule has 3 aromatic rings. The SMILES string of the molecule is COC(=O)c1ccc(C(=O)NNC(=O)c2cnn(-c3ccc(O)cc3)c2)cc1. The van der Waals surface area contributed by atoms with Crippen molar-refractivity contribution in [3.63, 3.8) is 0 Å². The molecule has 2 amide bonds. The van der Waals surface area contributed by atoms with Gasteiger partial charge in [0.1, 0.15) is 5.75 Å². The second-order valence-corrected chi connectivity index (χ2v) is 5.67. The number of phenolic OH excluding ortho intramolecular Hbond substituents is 1. The summed E-state index contributed by atoms with van der Waals surface area (Å²) in [4.78, 5) is 35.7. The molecule has 0 atom stereocenters. The number of aromatic nitrogens is 2. The second kappa shape index (κ2) is 8.04. The summed E-state index contributed by atoms with van der Waals surface area (Å²) in [7, 11) is 1.27. The number of ether oxygens (including phenoxy) is 1. The Bertz CT molecular complexity index is 1010. The molecule has 0 aliphatic carbocycles. The van der Waals surface area contributed by atoms with E-state index in [1.807, 2.05) is 0 Å². The predicted molar refractivity (Wildman–Crippen MR) is 97.9 cm³/mol. The number of hydrazine groups is 1. The van der Waals surface area contributed by atoms with Gasteiger partial charge in [-0.2, -0.15) is 5.10 Å². The molecule has 3 N–H and O–H groups in total. The van der Waals surface area contributed by atoms with Crippen LogP contribution < -0.4 is 10.9 Å². The van der Waals surface area contributed by atoms with Gasteiger partial charge < -0.3 is 9.84 Å². The van der Waals surface area contributed by atoms with Crippen molar-refractivity contribution >= 4 is 17.8 Å². The Morgan fingerprint density at radius 1 is 0.893 bits per heavy atom. The van der Waals surface area contributed by atoms with E-state index >= 15 is 0 Å². The van der Waals surface area contributed by atoms with Gasteiger partial charge in [-0.25, -0.2) is 9.48 Å². The Hall–Kier alpha value is -4.14. The normalized spacial score (nSPS) is 10.2. The number of amides is 2. The van der Waals surface area contributed by atoms with Crippen LogP contribution >= 0.6 is 0 Å². The van der Waals surface area contributed by atoms with E-state index in [0.717, 1.165) is 0 Å². The number of nitrogens with zero attached hydrogens (tertiary/aromatic N) is 2. The third-order valence-electron chi connectivity index (χ3n) is 3.82. The van der Waals surface area contributed by atoms with E-state index in [1.54, 1.807) is 12.1 Å². The van der Waals surface area contributed by atoms with Crippen LogP contribution in [-0.4, -0.2) is 39.8 Å². The molecule has 1 heterocycles. The molecule has 0 aliphatic heterocycles. The number of hydrogen-bond donors (Lipinski definition) is 3. The van der Waals surface area contributed by atoms with Crippen molar-refractivity contribution in [2.24, 2.45) is 0 Å². The maximum Gasteiger partial charge on any atom is 0.337 e. The number of hydrogen-bond acceptors (Lipinski definition) is 6. The van der Waals surface area contributed by atoms with Crippen LogP contribution in [0.15, 0.2) is 60.9 Å². The molecule has 0 fully saturated rings. The first-order valence-electron chi connectivity index (χ1n) is 8.11. The number of methoxy groups -OCH3 is 1. The quantitative estimate of drug-likeness (QED) is 0.465. The Kier molecular flexibility index (Phi) is 5.35. The number of phenols is 1. The Labute approximate surface area is 159 Å². The molecule has 0 bridgehead atoms. The largest absolute Gasteiger partial charge is 0.508 e. The molecule has 2 aromatic carbocycles. The van der Waals surface area contributed by atoms with Crippen molar-refractivity contribution in [1.29, 1.82) is 0 Å². The van der Waals surface area contributed by atoms with Gasteiger partial charge in [0.05, 0.1) is 30.1 Å². The van der Waals surface area contributed by atoms with Crippen molar-refractivity contribution < 1.29 is 24.2 Å². The fraction of sp³-hybridized carbons (Fsp3) is 0.0526. The van der Waals surface area contributed by atoms with E-state index in [4.69, 9.17) is 0 Å². The molecule has 28 heavy (non-hydrogen) atoms. The highest BCUT2D eigenvalue weighted by Crippen LogP contribution is 2.13. The summed E-state index contributed by atoms with van der Waals surface area (Å²) in [5.74, 6) is -1.48. The van der Waals surface area contributed by atoms with Crippen molar-refractivity contribution in [2.75, 3.05) is 7.11 Å². The van der Waals surface area contributed by atoms with E-state index in [9.17, 15) is 19.5 Å². The number of esters is 1. The summed E-state index contributed by atoms with van der Waals surface area (Å²) in [6, 6.07) is 12.1. The molecule has 0 spiro atoms. The Morgan fingerprint density at radius 2 is 1.46 bits per heavy atom. The molecule has 3 rings (SSSR count). The van der Waals surface area contributed by atoms with Crippen LogP contribution in [0.1, 0.15) is 31.1 Å². The predicted octanol–water partition coefficient (Wildman–Crippen LogP) is 1.44. The maximum absolute atomic E-state index is 12.2. The number of aromatic hydroxyl groups is 1. The minimum absolute atomic E-state index is 0.121. The monoisotopic (exact) mass is 380 g/mol. The van der Waals surface area contributed by atoms with Gasteiger partial charge in [-0.1, -0.05) is 0 Å². The minimum Gasteiger partial charge on any atom is -0.508 e. The average Bonchev–Trinajstić information content (AvgIpc) is 3.22. The van der Waals surface area contributed by atoms with Gasteiger partial charge in [-0.3, -0.25) is 20.4 Å². The van der Waals surface area contributed by atoms with Gasteiger partial charge in [0.15, 0.2) is 0 Å². The van der Waals surface area contributed by atoms with Gasteiger partial charge in [-0.05, 0) is 48.5 Å².